The van der Waals surface area contributed by atoms with Gasteiger partial charge < -0.3 is 9.47 Å². The Morgan fingerprint density at radius 3 is 2.04 bits per heavy atom. The number of carbonyl (C=O) groups excluding carboxylic acids is 1. The van der Waals surface area contributed by atoms with E-state index in [1.165, 1.54) is 0 Å². The van der Waals surface area contributed by atoms with E-state index in [4.69, 9.17) is 9.47 Å². The first-order valence-corrected chi connectivity index (χ1v) is 9.02. The summed E-state index contributed by atoms with van der Waals surface area (Å²) in [6, 6.07) is 25.3. The summed E-state index contributed by atoms with van der Waals surface area (Å²) in [4.78, 5) is 12.2. The first kappa shape index (κ1) is 18.7. The van der Waals surface area contributed by atoms with Gasteiger partial charge in [0.25, 0.3) is 0 Å². The monoisotopic (exact) mass is 360 g/mol. The Kier molecular flexibility index (Phi) is 5.60. The Hall–Kier alpha value is -3.07. The van der Waals surface area contributed by atoms with Crippen molar-refractivity contribution in [3.63, 3.8) is 0 Å². The van der Waals surface area contributed by atoms with Crippen LogP contribution in [0.3, 0.4) is 0 Å². The van der Waals surface area contributed by atoms with Gasteiger partial charge in [-0.25, -0.2) is 4.79 Å². The second-order valence-electron chi connectivity index (χ2n) is 7.40. The summed E-state index contributed by atoms with van der Waals surface area (Å²) in [5.74, 6) is 0.792. The molecule has 0 saturated heterocycles. The van der Waals surface area contributed by atoms with Crippen LogP contribution in [-0.2, 0) is 10.2 Å². The zero-order valence-corrected chi connectivity index (χ0v) is 15.9. The predicted molar refractivity (Wildman–Crippen MR) is 108 cm³/mol. The number of hydrogen-bond donors (Lipinski definition) is 0. The minimum atomic E-state index is -0.425. The third-order valence-corrected chi connectivity index (χ3v) is 4.23. The van der Waals surface area contributed by atoms with Gasteiger partial charge in [0.1, 0.15) is 11.5 Å². The highest BCUT2D eigenvalue weighted by Crippen LogP contribution is 2.31. The van der Waals surface area contributed by atoms with Crippen LogP contribution in [0, 0.1) is 0 Å². The highest BCUT2D eigenvalue weighted by molar-refractivity contribution is 5.74. The van der Waals surface area contributed by atoms with E-state index in [1.54, 1.807) is 12.1 Å². The summed E-state index contributed by atoms with van der Waals surface area (Å²) in [7, 11) is 0. The maximum Gasteiger partial charge on any atom is 0.349 e. The molecule has 0 amide bonds. The number of esters is 1. The number of ether oxygens (including phenoxy) is 2. The standard InChI is InChI=1S/C24H24O3/c1-24(2,3)21-11-7-8-12-22(21)26-17-23(25)27-20-15-13-19(14-16-20)18-9-5-4-6-10-18/h4-16H,17H2,1-3H3. The Morgan fingerprint density at radius 2 is 1.37 bits per heavy atom. The molecule has 3 aromatic carbocycles. The van der Waals surface area contributed by atoms with Gasteiger partial charge in [-0.3, -0.25) is 0 Å². The van der Waals surface area contributed by atoms with Gasteiger partial charge in [0.15, 0.2) is 6.61 Å². The van der Waals surface area contributed by atoms with Crippen LogP contribution in [0.25, 0.3) is 11.1 Å². The number of rotatable bonds is 5. The second kappa shape index (κ2) is 8.09. The molecule has 0 bridgehead atoms. The predicted octanol–water partition coefficient (Wildman–Crippen LogP) is 5.64. The van der Waals surface area contributed by atoms with Crippen LogP contribution in [0.2, 0.25) is 0 Å². The molecule has 0 atom stereocenters. The molecule has 0 aliphatic rings. The van der Waals surface area contributed by atoms with Gasteiger partial charge in [0.05, 0.1) is 0 Å². The van der Waals surface area contributed by atoms with E-state index >= 15 is 0 Å². The summed E-state index contributed by atoms with van der Waals surface area (Å²) >= 11 is 0. The van der Waals surface area contributed by atoms with Crippen LogP contribution in [0.15, 0.2) is 78.9 Å². The molecule has 0 unspecified atom stereocenters. The molecule has 0 aliphatic carbocycles. The molecule has 3 nitrogen and oxygen atoms in total. The second-order valence-corrected chi connectivity index (χ2v) is 7.40. The third kappa shape index (κ3) is 4.98. The molecule has 0 saturated carbocycles. The van der Waals surface area contributed by atoms with E-state index in [1.807, 2.05) is 66.7 Å². The first-order valence-electron chi connectivity index (χ1n) is 9.02. The lowest BCUT2D eigenvalue weighted by Crippen LogP contribution is -2.20. The maximum absolute atomic E-state index is 12.2. The summed E-state index contributed by atoms with van der Waals surface area (Å²) in [5, 5.41) is 0. The van der Waals surface area contributed by atoms with E-state index in [9.17, 15) is 4.79 Å². The van der Waals surface area contributed by atoms with Gasteiger partial charge in [-0.1, -0.05) is 81.4 Å². The average molecular weight is 360 g/mol. The molecule has 0 N–H and O–H groups in total. The molecular formula is C24H24O3. The molecule has 3 heteroatoms. The fourth-order valence-corrected chi connectivity index (χ4v) is 2.86. The van der Waals surface area contributed by atoms with Crippen molar-refractivity contribution in [1.29, 1.82) is 0 Å². The van der Waals surface area contributed by atoms with Crippen molar-refractivity contribution >= 4 is 5.97 Å². The summed E-state index contributed by atoms with van der Waals surface area (Å²) < 4.78 is 11.1. The zero-order chi connectivity index (χ0) is 19.3. The SMILES string of the molecule is CC(C)(C)c1ccccc1OCC(=O)Oc1ccc(-c2ccccc2)cc1. The minimum absolute atomic E-state index is 0.0617. The van der Waals surface area contributed by atoms with Crippen LogP contribution >= 0.6 is 0 Å². The maximum atomic E-state index is 12.2. The minimum Gasteiger partial charge on any atom is -0.482 e. The lowest BCUT2D eigenvalue weighted by molar-refractivity contribution is -0.136. The fourth-order valence-electron chi connectivity index (χ4n) is 2.86. The summed E-state index contributed by atoms with van der Waals surface area (Å²) in [6.45, 7) is 6.21. The largest absolute Gasteiger partial charge is 0.482 e. The molecule has 3 rings (SSSR count). The van der Waals surface area contributed by atoms with Gasteiger partial charge in [-0.05, 0) is 40.3 Å². The van der Waals surface area contributed by atoms with Crippen molar-refractivity contribution in [2.24, 2.45) is 0 Å². The van der Waals surface area contributed by atoms with Crippen molar-refractivity contribution < 1.29 is 14.3 Å². The van der Waals surface area contributed by atoms with Crippen LogP contribution in [0.5, 0.6) is 11.5 Å². The van der Waals surface area contributed by atoms with Gasteiger partial charge in [-0.15, -0.1) is 0 Å². The van der Waals surface area contributed by atoms with E-state index in [0.717, 1.165) is 16.7 Å². The van der Waals surface area contributed by atoms with Gasteiger partial charge >= 0.3 is 5.97 Å². The third-order valence-electron chi connectivity index (χ3n) is 4.23. The first-order chi connectivity index (χ1) is 12.9. The number of carbonyl (C=O) groups is 1. The summed E-state index contributed by atoms with van der Waals surface area (Å²) in [6.07, 6.45) is 0. The van der Waals surface area contributed by atoms with Crippen molar-refractivity contribution in [2.45, 2.75) is 26.2 Å². The Morgan fingerprint density at radius 1 is 0.778 bits per heavy atom. The molecular weight excluding hydrogens is 336 g/mol. The highest BCUT2D eigenvalue weighted by Gasteiger charge is 2.19. The molecule has 0 aromatic heterocycles. The average Bonchev–Trinajstić information content (AvgIpc) is 2.67. The molecule has 0 radical (unpaired) electrons. The molecule has 3 aromatic rings. The van der Waals surface area contributed by atoms with E-state index in [2.05, 4.69) is 20.8 Å². The molecule has 0 fully saturated rings. The quantitative estimate of drug-likeness (QED) is 0.436. The Balaban J connectivity index is 1.61. The van der Waals surface area contributed by atoms with Gasteiger partial charge in [0, 0.05) is 0 Å². The van der Waals surface area contributed by atoms with E-state index in [-0.39, 0.29) is 12.0 Å². The van der Waals surface area contributed by atoms with Gasteiger partial charge in [0.2, 0.25) is 0 Å². The van der Waals surface area contributed by atoms with Crippen LogP contribution in [0.4, 0.5) is 0 Å². The Bertz CT molecular complexity index is 891. The van der Waals surface area contributed by atoms with Crippen molar-refractivity contribution in [1.82, 2.24) is 0 Å². The normalized spacial score (nSPS) is 11.1. The molecule has 0 spiro atoms. The molecule has 0 heterocycles. The number of hydrogen-bond acceptors (Lipinski definition) is 3. The van der Waals surface area contributed by atoms with Crippen molar-refractivity contribution in [3.8, 4) is 22.6 Å². The highest BCUT2D eigenvalue weighted by atomic mass is 16.6. The van der Waals surface area contributed by atoms with Gasteiger partial charge in [-0.2, -0.15) is 0 Å². The molecule has 27 heavy (non-hydrogen) atoms. The van der Waals surface area contributed by atoms with Crippen molar-refractivity contribution in [3.05, 3.63) is 84.4 Å². The molecule has 0 aliphatic heterocycles. The molecule has 138 valence electrons. The van der Waals surface area contributed by atoms with Crippen LogP contribution in [-0.4, -0.2) is 12.6 Å². The Labute approximate surface area is 160 Å². The number of benzene rings is 3. The lowest BCUT2D eigenvalue weighted by atomic mass is 9.86. The fraction of sp³-hybridized carbons (Fsp3) is 0.208. The van der Waals surface area contributed by atoms with E-state index in [0.29, 0.717) is 11.5 Å². The zero-order valence-electron chi connectivity index (χ0n) is 15.9. The lowest BCUT2D eigenvalue weighted by Gasteiger charge is -2.22. The smallest absolute Gasteiger partial charge is 0.349 e. The topological polar surface area (TPSA) is 35.5 Å². The van der Waals surface area contributed by atoms with Crippen LogP contribution in [0.1, 0.15) is 26.3 Å². The van der Waals surface area contributed by atoms with Crippen molar-refractivity contribution in [2.75, 3.05) is 6.61 Å². The van der Waals surface area contributed by atoms with Crippen LogP contribution < -0.4 is 9.47 Å². The van der Waals surface area contributed by atoms with E-state index < -0.39 is 5.97 Å². The number of para-hydroxylation sites is 1. The summed E-state index contributed by atoms with van der Waals surface area (Å²) in [5.41, 5.74) is 3.20.